The molecule has 0 aromatic heterocycles. The minimum absolute atomic E-state index is 0.0332. The van der Waals surface area contributed by atoms with Crippen molar-refractivity contribution in [3.05, 3.63) is 30.1 Å². The standard InChI is InChI=1S/C20H27Br4NO3/c1-2-3-4-5-6-7-8-9-10-11-12-13-14(19(26)25-24)15(20(27)28)17(22)18(23)16(13)21/h2-12H2,1H3,(H,25,26)(H,27,28). The van der Waals surface area contributed by atoms with Crippen molar-refractivity contribution in [2.75, 3.05) is 0 Å². The summed E-state index contributed by atoms with van der Waals surface area (Å²) in [4.78, 5) is 24.1. The summed E-state index contributed by atoms with van der Waals surface area (Å²) in [7, 11) is 0. The zero-order chi connectivity index (χ0) is 21.1. The summed E-state index contributed by atoms with van der Waals surface area (Å²) in [5.41, 5.74) is 0.861. The lowest BCUT2D eigenvalue weighted by Crippen LogP contribution is -2.20. The number of rotatable bonds is 13. The molecule has 0 unspecified atom stereocenters. The Bertz CT molecular complexity index is 680. The summed E-state index contributed by atoms with van der Waals surface area (Å²) >= 11 is 13.2. The summed E-state index contributed by atoms with van der Waals surface area (Å²) in [6.07, 6.45) is 12.9. The minimum Gasteiger partial charge on any atom is -0.478 e. The van der Waals surface area contributed by atoms with Crippen LogP contribution >= 0.6 is 63.9 Å². The Hall–Kier alpha value is 0.0800. The first kappa shape index (κ1) is 26.1. The predicted molar refractivity (Wildman–Crippen MR) is 128 cm³/mol. The highest BCUT2D eigenvalue weighted by Gasteiger charge is 2.28. The van der Waals surface area contributed by atoms with Gasteiger partial charge in [0.25, 0.3) is 5.91 Å². The van der Waals surface area contributed by atoms with Crippen molar-refractivity contribution >= 4 is 75.8 Å². The van der Waals surface area contributed by atoms with E-state index in [0.717, 1.165) is 19.3 Å². The Morgan fingerprint density at radius 1 is 0.786 bits per heavy atom. The number of unbranched alkanes of at least 4 members (excludes halogenated alkanes) is 9. The maximum Gasteiger partial charge on any atom is 0.337 e. The summed E-state index contributed by atoms with van der Waals surface area (Å²) in [6.45, 7) is 2.23. The molecule has 0 bridgehead atoms. The first-order valence-electron chi connectivity index (χ1n) is 9.70. The molecular weight excluding hydrogens is 622 g/mol. The third kappa shape index (κ3) is 7.73. The molecule has 4 nitrogen and oxygen atoms in total. The van der Waals surface area contributed by atoms with Crippen LogP contribution in [0.2, 0.25) is 0 Å². The van der Waals surface area contributed by atoms with Crippen LogP contribution in [0.1, 0.15) is 97.4 Å². The van der Waals surface area contributed by atoms with Crippen molar-refractivity contribution in [2.45, 2.75) is 77.6 Å². The number of nitrogens with one attached hydrogen (secondary N) is 1. The second-order valence-corrected chi connectivity index (χ2v) is 9.61. The number of carboxylic acid groups (broad SMARTS) is 1. The van der Waals surface area contributed by atoms with Gasteiger partial charge in [0.2, 0.25) is 0 Å². The highest BCUT2D eigenvalue weighted by atomic mass is 79.9. The van der Waals surface area contributed by atoms with E-state index in [0.29, 0.717) is 25.4 Å². The summed E-state index contributed by atoms with van der Waals surface area (Å²) in [6, 6.07) is 0. The molecule has 0 spiro atoms. The maximum absolute atomic E-state index is 12.4. The van der Waals surface area contributed by atoms with E-state index >= 15 is 0 Å². The number of carbonyl (C=O) groups excluding carboxylic acids is 1. The second-order valence-electron chi connectivity index (χ2n) is 6.83. The molecule has 0 fully saturated rings. The quantitative estimate of drug-likeness (QED) is 0.129. The largest absolute Gasteiger partial charge is 0.478 e. The van der Waals surface area contributed by atoms with Crippen LogP contribution in [-0.4, -0.2) is 17.0 Å². The number of carbonyl (C=O) groups is 2. The van der Waals surface area contributed by atoms with E-state index in [9.17, 15) is 14.7 Å². The first-order chi connectivity index (χ1) is 13.4. The number of hydrogen-bond acceptors (Lipinski definition) is 2. The normalized spacial score (nSPS) is 10.9. The zero-order valence-electron chi connectivity index (χ0n) is 16.1. The fourth-order valence-corrected chi connectivity index (χ4v) is 5.29. The lowest BCUT2D eigenvalue weighted by atomic mass is 9.95. The summed E-state index contributed by atoms with van der Waals surface area (Å²) in [5.74, 6) is -1.61. The molecule has 0 saturated heterocycles. The lowest BCUT2D eigenvalue weighted by molar-refractivity contribution is 0.0690. The van der Waals surface area contributed by atoms with Gasteiger partial charge in [-0.1, -0.05) is 64.7 Å². The van der Waals surface area contributed by atoms with Crippen LogP contribution in [0, 0.1) is 0 Å². The van der Waals surface area contributed by atoms with E-state index in [1.54, 1.807) is 0 Å². The van der Waals surface area contributed by atoms with E-state index in [4.69, 9.17) is 0 Å². The number of carboxylic acids is 1. The Morgan fingerprint density at radius 3 is 1.75 bits per heavy atom. The van der Waals surface area contributed by atoms with Crippen LogP contribution in [0.4, 0.5) is 0 Å². The molecule has 0 atom stereocenters. The van der Waals surface area contributed by atoms with Crippen LogP contribution in [-0.2, 0) is 6.42 Å². The van der Waals surface area contributed by atoms with Crippen molar-refractivity contribution in [1.29, 1.82) is 0 Å². The average Bonchev–Trinajstić information content (AvgIpc) is 2.67. The highest BCUT2D eigenvalue weighted by Crippen LogP contribution is 2.40. The number of benzene rings is 1. The minimum atomic E-state index is -1.14. The molecule has 0 radical (unpaired) electrons. The van der Waals surface area contributed by atoms with Crippen LogP contribution < -0.4 is 4.34 Å². The van der Waals surface area contributed by atoms with Gasteiger partial charge < -0.3 is 5.11 Å². The topological polar surface area (TPSA) is 66.4 Å². The van der Waals surface area contributed by atoms with Crippen molar-refractivity contribution in [3.63, 3.8) is 0 Å². The van der Waals surface area contributed by atoms with Gasteiger partial charge in [0.05, 0.1) is 11.1 Å². The van der Waals surface area contributed by atoms with Gasteiger partial charge in [-0.2, -0.15) is 0 Å². The fraction of sp³-hybridized carbons (Fsp3) is 0.600. The van der Waals surface area contributed by atoms with Crippen LogP contribution in [0.15, 0.2) is 13.4 Å². The monoisotopic (exact) mass is 645 g/mol. The molecule has 1 rings (SSSR count). The molecule has 158 valence electrons. The van der Waals surface area contributed by atoms with Crippen LogP contribution in [0.25, 0.3) is 0 Å². The number of amides is 1. The zero-order valence-corrected chi connectivity index (χ0v) is 22.4. The molecule has 0 aliphatic carbocycles. The fourth-order valence-electron chi connectivity index (χ4n) is 3.23. The molecule has 1 aromatic carbocycles. The van der Waals surface area contributed by atoms with E-state index in [1.165, 1.54) is 44.9 Å². The van der Waals surface area contributed by atoms with Gasteiger partial charge in [0.15, 0.2) is 0 Å². The Kier molecular flexibility index (Phi) is 13.2. The Labute approximate surface area is 201 Å². The van der Waals surface area contributed by atoms with Gasteiger partial charge in [0, 0.05) is 29.6 Å². The van der Waals surface area contributed by atoms with Gasteiger partial charge in [0.1, 0.15) is 0 Å². The van der Waals surface area contributed by atoms with E-state index in [1.807, 2.05) is 0 Å². The van der Waals surface area contributed by atoms with Crippen molar-refractivity contribution in [2.24, 2.45) is 0 Å². The smallest absolute Gasteiger partial charge is 0.337 e. The van der Waals surface area contributed by atoms with Crippen molar-refractivity contribution < 1.29 is 14.7 Å². The number of aromatic carboxylic acids is 1. The van der Waals surface area contributed by atoms with Gasteiger partial charge in [-0.3, -0.25) is 9.14 Å². The molecular formula is C20H27Br4NO3. The van der Waals surface area contributed by atoms with E-state index in [-0.39, 0.29) is 11.1 Å². The SMILES string of the molecule is CCCCCCCCCCCCc1c(Br)c(Br)c(Br)c(C(=O)O)c1C(=O)NBr. The predicted octanol–water partition coefficient (Wildman–Crippen LogP) is 8.18. The third-order valence-electron chi connectivity index (χ3n) is 4.73. The second kappa shape index (κ2) is 14.1. The molecule has 28 heavy (non-hydrogen) atoms. The lowest BCUT2D eigenvalue weighted by Gasteiger charge is -2.17. The third-order valence-corrected chi connectivity index (χ3v) is 8.61. The van der Waals surface area contributed by atoms with Gasteiger partial charge >= 0.3 is 5.97 Å². The number of halogens is 4. The molecule has 0 aliphatic heterocycles. The van der Waals surface area contributed by atoms with Crippen molar-refractivity contribution in [1.82, 2.24) is 4.34 Å². The van der Waals surface area contributed by atoms with Gasteiger partial charge in [-0.25, -0.2) is 4.79 Å². The molecule has 0 saturated carbocycles. The summed E-state index contributed by atoms with van der Waals surface area (Å²) < 4.78 is 4.06. The van der Waals surface area contributed by atoms with Crippen LogP contribution in [0.5, 0.6) is 0 Å². The van der Waals surface area contributed by atoms with E-state index < -0.39 is 11.9 Å². The average molecular weight is 649 g/mol. The highest BCUT2D eigenvalue weighted by molar-refractivity contribution is 9.14. The Balaban J connectivity index is 2.72. The molecule has 1 amide bonds. The first-order valence-corrected chi connectivity index (χ1v) is 12.9. The maximum atomic E-state index is 12.4. The number of hydrogen-bond donors (Lipinski definition) is 2. The van der Waals surface area contributed by atoms with Crippen molar-refractivity contribution in [3.8, 4) is 0 Å². The summed E-state index contributed by atoms with van der Waals surface area (Å²) in [5, 5.41) is 9.62. The van der Waals surface area contributed by atoms with E-state index in [2.05, 4.69) is 75.2 Å². The molecule has 0 heterocycles. The molecule has 0 aliphatic rings. The Morgan fingerprint density at radius 2 is 1.29 bits per heavy atom. The van der Waals surface area contributed by atoms with Gasteiger partial charge in [-0.15, -0.1) is 0 Å². The van der Waals surface area contributed by atoms with Crippen LogP contribution in [0.3, 0.4) is 0 Å². The molecule has 1 aromatic rings. The molecule has 2 N–H and O–H groups in total. The molecule has 8 heteroatoms. The van der Waals surface area contributed by atoms with Gasteiger partial charge in [-0.05, 0) is 66.2 Å².